The number of aryl methyl sites for hydroxylation is 1. The highest BCUT2D eigenvalue weighted by Gasteiger charge is 2.26. The first-order valence-corrected chi connectivity index (χ1v) is 9.79. The van der Waals surface area contributed by atoms with Gasteiger partial charge in [-0.3, -0.25) is 14.3 Å². The van der Waals surface area contributed by atoms with E-state index in [0.717, 1.165) is 29.8 Å². The number of benzene rings is 1. The number of carbonyl (C=O) groups excluding carboxylic acids is 1. The normalized spacial score (nSPS) is 16.2. The topological polar surface area (TPSA) is 72.2 Å². The highest BCUT2D eigenvalue weighted by Crippen LogP contribution is 2.31. The summed E-state index contributed by atoms with van der Waals surface area (Å²) in [4.78, 5) is 25.9. The molecular weight excluding hydrogens is 366 g/mol. The smallest absolute Gasteiger partial charge is 0.252 e. The van der Waals surface area contributed by atoms with Crippen LogP contribution < -0.4 is 15.8 Å². The summed E-state index contributed by atoms with van der Waals surface area (Å²) in [5.41, 5.74) is 3.95. The van der Waals surface area contributed by atoms with E-state index in [1.807, 2.05) is 41.5 Å². The second-order valence-electron chi connectivity index (χ2n) is 7.57. The van der Waals surface area contributed by atoms with Gasteiger partial charge in [0, 0.05) is 62.7 Å². The van der Waals surface area contributed by atoms with E-state index in [9.17, 15) is 9.59 Å². The van der Waals surface area contributed by atoms with Gasteiger partial charge in [-0.2, -0.15) is 5.10 Å². The molecule has 0 bridgehead atoms. The van der Waals surface area contributed by atoms with Crippen molar-refractivity contribution in [3.05, 3.63) is 70.9 Å². The van der Waals surface area contributed by atoms with Crippen molar-refractivity contribution in [1.29, 1.82) is 0 Å². The fraction of sp³-hybridized carbons (Fsp3) is 0.318. The third-order valence-electron chi connectivity index (χ3n) is 5.27. The van der Waals surface area contributed by atoms with E-state index in [1.165, 1.54) is 12.5 Å². The number of amides is 1. The van der Waals surface area contributed by atoms with Crippen LogP contribution in [-0.2, 0) is 18.4 Å². The van der Waals surface area contributed by atoms with Gasteiger partial charge in [0.15, 0.2) is 0 Å². The quantitative estimate of drug-likeness (QED) is 0.722. The minimum absolute atomic E-state index is 0.0248. The van der Waals surface area contributed by atoms with Crippen LogP contribution in [0.15, 0.2) is 59.8 Å². The van der Waals surface area contributed by atoms with Crippen molar-refractivity contribution >= 4 is 11.6 Å². The number of rotatable bonds is 5. The Balaban J connectivity index is 1.63. The largest absolute Gasteiger partial charge is 0.369 e. The lowest BCUT2D eigenvalue weighted by molar-refractivity contribution is -0.119. The van der Waals surface area contributed by atoms with Gasteiger partial charge in [0.25, 0.3) is 5.56 Å². The molecule has 1 atom stereocenters. The van der Waals surface area contributed by atoms with Gasteiger partial charge < -0.3 is 14.8 Å². The number of nitrogens with zero attached hydrogens (tertiary/aromatic N) is 4. The zero-order valence-corrected chi connectivity index (χ0v) is 16.7. The van der Waals surface area contributed by atoms with Gasteiger partial charge in [-0.05, 0) is 12.0 Å². The molecule has 0 aliphatic carbocycles. The summed E-state index contributed by atoms with van der Waals surface area (Å²) in [7, 11) is 1.76. The predicted octanol–water partition coefficient (Wildman–Crippen LogP) is 2.01. The third kappa shape index (κ3) is 4.23. The average molecular weight is 391 g/mol. The zero-order chi connectivity index (χ0) is 20.4. The Kier molecular flexibility index (Phi) is 5.20. The fourth-order valence-corrected chi connectivity index (χ4v) is 3.85. The molecule has 1 aliphatic heterocycles. The lowest BCUT2D eigenvalue weighted by atomic mass is 10.1. The maximum Gasteiger partial charge on any atom is 0.252 e. The summed E-state index contributed by atoms with van der Waals surface area (Å²) in [6.45, 7) is 3.71. The number of carbonyl (C=O) groups is 1. The van der Waals surface area contributed by atoms with E-state index in [-0.39, 0.29) is 17.5 Å². The molecular formula is C22H25N5O2. The Morgan fingerprint density at radius 1 is 1.24 bits per heavy atom. The molecule has 2 aromatic heterocycles. The summed E-state index contributed by atoms with van der Waals surface area (Å²) >= 11 is 0. The van der Waals surface area contributed by atoms with Crippen molar-refractivity contribution in [1.82, 2.24) is 19.7 Å². The molecule has 1 N–H and O–H groups in total. The van der Waals surface area contributed by atoms with Crippen molar-refractivity contribution in [3.8, 4) is 11.1 Å². The molecule has 1 saturated heterocycles. The lowest BCUT2D eigenvalue weighted by Crippen LogP contribution is -2.36. The number of hydrogen-bond donors (Lipinski definition) is 1. The fourth-order valence-electron chi connectivity index (χ4n) is 3.85. The van der Waals surface area contributed by atoms with E-state index in [4.69, 9.17) is 0 Å². The highest BCUT2D eigenvalue weighted by atomic mass is 16.1. The molecule has 150 valence electrons. The molecule has 1 aromatic carbocycles. The minimum Gasteiger partial charge on any atom is -0.369 e. The van der Waals surface area contributed by atoms with Gasteiger partial charge in [-0.25, -0.2) is 0 Å². The lowest BCUT2D eigenvalue weighted by Gasteiger charge is -2.22. The molecule has 7 nitrogen and oxygen atoms in total. The van der Waals surface area contributed by atoms with E-state index in [1.54, 1.807) is 17.7 Å². The first-order valence-electron chi connectivity index (χ1n) is 9.79. The molecule has 4 rings (SSSR count). The van der Waals surface area contributed by atoms with Crippen LogP contribution in [0.3, 0.4) is 0 Å². The Hall–Kier alpha value is -3.35. The average Bonchev–Trinajstić information content (AvgIpc) is 3.34. The molecule has 0 saturated carbocycles. The van der Waals surface area contributed by atoms with Gasteiger partial charge in [-0.15, -0.1) is 0 Å². The van der Waals surface area contributed by atoms with E-state index in [0.29, 0.717) is 13.1 Å². The Labute approximate surface area is 169 Å². The molecule has 1 fully saturated rings. The maximum absolute atomic E-state index is 12.3. The second-order valence-corrected chi connectivity index (χ2v) is 7.57. The summed E-state index contributed by atoms with van der Waals surface area (Å²) in [5.74, 6) is -0.0248. The van der Waals surface area contributed by atoms with Crippen LogP contribution in [0.4, 0.5) is 5.69 Å². The van der Waals surface area contributed by atoms with Crippen molar-refractivity contribution in [2.24, 2.45) is 7.05 Å². The molecule has 1 amide bonds. The van der Waals surface area contributed by atoms with E-state index in [2.05, 4.69) is 27.4 Å². The van der Waals surface area contributed by atoms with Gasteiger partial charge in [-0.1, -0.05) is 30.3 Å². The van der Waals surface area contributed by atoms with Crippen molar-refractivity contribution in [2.45, 2.75) is 25.9 Å². The monoisotopic (exact) mass is 391 g/mol. The van der Waals surface area contributed by atoms with Crippen molar-refractivity contribution in [2.75, 3.05) is 18.0 Å². The van der Waals surface area contributed by atoms with E-state index < -0.39 is 0 Å². The number of nitrogens with one attached hydrogen (secondary N) is 1. The molecule has 29 heavy (non-hydrogen) atoms. The van der Waals surface area contributed by atoms with Crippen LogP contribution in [0, 0.1) is 0 Å². The predicted molar refractivity (Wildman–Crippen MR) is 113 cm³/mol. The Bertz CT molecular complexity index is 1070. The summed E-state index contributed by atoms with van der Waals surface area (Å²) in [6.07, 6.45) is 6.58. The SMILES string of the molecule is CC(=O)NC1CCN(c2cc(=O)n(C)cc2-c2cnn(Cc3ccccc3)c2)C1. The number of aromatic nitrogens is 3. The van der Waals surface area contributed by atoms with Crippen LogP contribution in [0.5, 0.6) is 0 Å². The van der Waals surface area contributed by atoms with Crippen molar-refractivity contribution in [3.63, 3.8) is 0 Å². The van der Waals surface area contributed by atoms with Crippen molar-refractivity contribution < 1.29 is 4.79 Å². The van der Waals surface area contributed by atoms with Crippen LogP contribution >= 0.6 is 0 Å². The van der Waals surface area contributed by atoms with Crippen LogP contribution in [-0.4, -0.2) is 39.4 Å². The Morgan fingerprint density at radius 3 is 2.79 bits per heavy atom. The van der Waals surface area contributed by atoms with E-state index >= 15 is 0 Å². The zero-order valence-electron chi connectivity index (χ0n) is 16.7. The minimum atomic E-state index is -0.0524. The molecule has 1 aliphatic rings. The van der Waals surface area contributed by atoms with Crippen LogP contribution in [0.2, 0.25) is 0 Å². The third-order valence-corrected chi connectivity index (χ3v) is 5.27. The first-order chi connectivity index (χ1) is 14.0. The van der Waals surface area contributed by atoms with Gasteiger partial charge in [0.2, 0.25) is 5.91 Å². The molecule has 0 radical (unpaired) electrons. The summed E-state index contributed by atoms with van der Waals surface area (Å²) < 4.78 is 3.50. The molecule has 3 aromatic rings. The second kappa shape index (κ2) is 7.95. The van der Waals surface area contributed by atoms with Gasteiger partial charge >= 0.3 is 0 Å². The molecule has 7 heteroatoms. The summed E-state index contributed by atoms with van der Waals surface area (Å²) in [5, 5.41) is 7.49. The Morgan fingerprint density at radius 2 is 2.03 bits per heavy atom. The number of pyridine rings is 1. The number of hydrogen-bond acceptors (Lipinski definition) is 4. The first kappa shape index (κ1) is 19.0. The van der Waals surface area contributed by atoms with Gasteiger partial charge in [0.1, 0.15) is 0 Å². The molecule has 1 unspecified atom stereocenters. The molecule has 3 heterocycles. The highest BCUT2D eigenvalue weighted by molar-refractivity contribution is 5.78. The van der Waals surface area contributed by atoms with Crippen LogP contribution in [0.25, 0.3) is 11.1 Å². The number of anilines is 1. The van der Waals surface area contributed by atoms with Crippen LogP contribution in [0.1, 0.15) is 18.9 Å². The summed E-state index contributed by atoms with van der Waals surface area (Å²) in [6, 6.07) is 12.0. The van der Waals surface area contributed by atoms with Gasteiger partial charge in [0.05, 0.1) is 18.4 Å². The maximum atomic E-state index is 12.3. The standard InChI is InChI=1S/C22H25N5O2/c1-16(28)24-19-8-9-26(14-19)21-10-22(29)25(2)15-20(21)18-11-23-27(13-18)12-17-6-4-3-5-7-17/h3-7,10-11,13,15,19H,8-9,12,14H2,1-2H3,(H,24,28). The molecule has 0 spiro atoms.